The molecule has 0 saturated heterocycles. The van der Waals surface area contributed by atoms with Crippen molar-refractivity contribution < 1.29 is 9.72 Å². The lowest BCUT2D eigenvalue weighted by Crippen LogP contribution is -2.33. The van der Waals surface area contributed by atoms with Gasteiger partial charge in [-0.2, -0.15) is 10.1 Å². The Bertz CT molecular complexity index is 1120. The Morgan fingerprint density at radius 2 is 2.07 bits per heavy atom. The van der Waals surface area contributed by atoms with E-state index in [9.17, 15) is 14.9 Å². The number of thiophene rings is 1. The van der Waals surface area contributed by atoms with Crippen LogP contribution in [-0.2, 0) is 4.79 Å². The number of anilines is 1. The van der Waals surface area contributed by atoms with Crippen LogP contribution in [0.4, 0.5) is 11.6 Å². The van der Waals surface area contributed by atoms with Gasteiger partial charge in [0, 0.05) is 34.6 Å². The number of rotatable bonds is 3. The number of hydrogen-bond acceptors (Lipinski definition) is 7. The van der Waals surface area contributed by atoms with Crippen molar-refractivity contribution in [2.24, 2.45) is 0 Å². The summed E-state index contributed by atoms with van der Waals surface area (Å²) in [4.78, 5) is 29.8. The average molecular weight is 393 g/mol. The number of ketones is 1. The minimum absolute atomic E-state index is 0.0172. The first-order chi connectivity index (χ1) is 13.6. The highest BCUT2D eigenvalue weighted by atomic mass is 32.1. The number of para-hydroxylation sites is 1. The minimum atomic E-state index is -0.660. The van der Waals surface area contributed by atoms with Gasteiger partial charge in [-0.25, -0.2) is 4.68 Å². The summed E-state index contributed by atoms with van der Waals surface area (Å²) in [5.41, 5.74) is 1.73. The lowest BCUT2D eigenvalue weighted by molar-refractivity contribution is -0.385. The van der Waals surface area contributed by atoms with E-state index in [4.69, 9.17) is 0 Å². The van der Waals surface area contributed by atoms with Crippen molar-refractivity contribution >= 4 is 28.8 Å². The molecule has 2 aromatic heterocycles. The molecule has 3 aromatic rings. The fraction of sp³-hybridized carbons (Fsp3) is 0.211. The molecule has 0 spiro atoms. The molecule has 28 heavy (non-hydrogen) atoms. The molecule has 0 bridgehead atoms. The molecule has 140 valence electrons. The molecule has 1 aliphatic heterocycles. The van der Waals surface area contributed by atoms with Crippen LogP contribution >= 0.6 is 11.3 Å². The molecule has 0 fully saturated rings. The second-order valence-corrected chi connectivity index (χ2v) is 7.79. The Labute approximate surface area is 163 Å². The predicted octanol–water partition coefficient (Wildman–Crippen LogP) is 3.66. The Morgan fingerprint density at radius 1 is 1.21 bits per heavy atom. The molecule has 9 heteroatoms. The number of Topliss-reactive ketones (excluding diaryl/α,β-unsaturated/α-hetero) is 1. The second kappa shape index (κ2) is 6.38. The molecule has 0 unspecified atom stereocenters. The number of nitrogens with zero attached hydrogens (tertiary/aromatic N) is 4. The number of carbonyl (C=O) groups excluding carboxylic acids is 1. The van der Waals surface area contributed by atoms with Crippen LogP contribution in [0.2, 0.25) is 0 Å². The van der Waals surface area contributed by atoms with Gasteiger partial charge in [0.15, 0.2) is 5.78 Å². The Kier molecular flexibility index (Phi) is 3.83. The number of nitro benzene ring substituents is 1. The van der Waals surface area contributed by atoms with Crippen LogP contribution in [0.5, 0.6) is 0 Å². The van der Waals surface area contributed by atoms with E-state index >= 15 is 0 Å². The number of nitro groups is 1. The highest BCUT2D eigenvalue weighted by molar-refractivity contribution is 7.10. The summed E-state index contributed by atoms with van der Waals surface area (Å²) in [5, 5.41) is 21.1. The minimum Gasteiger partial charge on any atom is -0.328 e. The normalized spacial score (nSPS) is 21.1. The van der Waals surface area contributed by atoms with Gasteiger partial charge < -0.3 is 5.32 Å². The van der Waals surface area contributed by atoms with E-state index in [0.29, 0.717) is 29.9 Å². The zero-order valence-electron chi connectivity index (χ0n) is 14.6. The van der Waals surface area contributed by atoms with E-state index in [1.807, 2.05) is 17.5 Å². The molecule has 1 N–H and O–H groups in total. The highest BCUT2D eigenvalue weighted by Gasteiger charge is 2.41. The summed E-state index contributed by atoms with van der Waals surface area (Å²) in [7, 11) is 0. The molecule has 8 nitrogen and oxygen atoms in total. The van der Waals surface area contributed by atoms with Gasteiger partial charge in [0.1, 0.15) is 12.4 Å². The maximum absolute atomic E-state index is 13.2. The standard InChI is InChI=1S/C19H15N5O3S/c25-15-9-11(16-6-3-7-28-16)8-13-17(15)18(23-19(22-13)20-10-21-23)12-4-1-2-5-14(12)24(26)27/h1-7,10-11,18H,8-9H2,(H,20,21,22)/t11-,18+/m0/s1. The largest absolute Gasteiger partial charge is 0.328 e. The van der Waals surface area contributed by atoms with Crippen molar-refractivity contribution in [1.82, 2.24) is 14.8 Å². The van der Waals surface area contributed by atoms with Gasteiger partial charge in [0.25, 0.3) is 5.69 Å². The second-order valence-electron chi connectivity index (χ2n) is 6.81. The van der Waals surface area contributed by atoms with E-state index in [-0.39, 0.29) is 17.4 Å². The summed E-state index contributed by atoms with van der Waals surface area (Å²) in [6.07, 6.45) is 2.43. The first kappa shape index (κ1) is 16.8. The molecule has 0 saturated carbocycles. The first-order valence-corrected chi connectivity index (χ1v) is 9.71. The van der Waals surface area contributed by atoms with Crippen LogP contribution in [0.3, 0.4) is 0 Å². The third-order valence-electron chi connectivity index (χ3n) is 5.24. The number of allylic oxidation sites excluding steroid dienone is 2. The summed E-state index contributed by atoms with van der Waals surface area (Å²) >= 11 is 1.64. The van der Waals surface area contributed by atoms with Crippen molar-refractivity contribution in [3.63, 3.8) is 0 Å². The number of hydrogen-bond donors (Lipinski definition) is 1. The molecule has 2 aliphatic rings. The van der Waals surface area contributed by atoms with Crippen LogP contribution in [0, 0.1) is 10.1 Å². The van der Waals surface area contributed by atoms with Gasteiger partial charge in [0.05, 0.1) is 10.5 Å². The molecular formula is C19H15N5O3S. The van der Waals surface area contributed by atoms with Crippen molar-refractivity contribution in [3.05, 3.63) is 79.9 Å². The molecule has 5 rings (SSSR count). The zero-order chi connectivity index (χ0) is 19.3. The van der Waals surface area contributed by atoms with Crippen molar-refractivity contribution in [2.75, 3.05) is 5.32 Å². The highest BCUT2D eigenvalue weighted by Crippen LogP contribution is 2.45. The van der Waals surface area contributed by atoms with Crippen LogP contribution in [0.15, 0.2) is 59.4 Å². The maximum Gasteiger partial charge on any atom is 0.275 e. The Morgan fingerprint density at radius 3 is 2.86 bits per heavy atom. The quantitative estimate of drug-likeness (QED) is 0.538. The molecule has 0 radical (unpaired) electrons. The van der Waals surface area contributed by atoms with E-state index in [1.54, 1.807) is 34.2 Å². The van der Waals surface area contributed by atoms with Gasteiger partial charge >= 0.3 is 0 Å². The van der Waals surface area contributed by atoms with Crippen molar-refractivity contribution in [3.8, 4) is 0 Å². The van der Waals surface area contributed by atoms with E-state index in [1.165, 1.54) is 12.4 Å². The van der Waals surface area contributed by atoms with Crippen LogP contribution in [-0.4, -0.2) is 25.5 Å². The van der Waals surface area contributed by atoms with E-state index < -0.39 is 11.0 Å². The maximum atomic E-state index is 13.2. The van der Waals surface area contributed by atoms with Gasteiger partial charge in [-0.3, -0.25) is 14.9 Å². The summed E-state index contributed by atoms with van der Waals surface area (Å²) in [6.45, 7) is 0. The number of aromatic nitrogens is 3. The number of nitrogens with one attached hydrogen (secondary N) is 1. The number of fused-ring (bicyclic) bond motifs is 1. The van der Waals surface area contributed by atoms with Crippen molar-refractivity contribution in [1.29, 1.82) is 0 Å². The van der Waals surface area contributed by atoms with Crippen LogP contribution in [0.1, 0.15) is 35.2 Å². The van der Waals surface area contributed by atoms with E-state index in [2.05, 4.69) is 15.4 Å². The number of benzene rings is 1. The van der Waals surface area contributed by atoms with Crippen molar-refractivity contribution in [2.45, 2.75) is 24.8 Å². The predicted molar refractivity (Wildman–Crippen MR) is 103 cm³/mol. The number of carbonyl (C=O) groups is 1. The molecule has 1 aromatic carbocycles. The van der Waals surface area contributed by atoms with Gasteiger partial charge in [0.2, 0.25) is 5.95 Å². The Balaban J connectivity index is 1.67. The van der Waals surface area contributed by atoms with Crippen LogP contribution < -0.4 is 5.32 Å². The molecule has 0 amide bonds. The fourth-order valence-electron chi connectivity index (χ4n) is 4.05. The monoisotopic (exact) mass is 393 g/mol. The summed E-state index contributed by atoms with van der Waals surface area (Å²) in [5.74, 6) is 0.567. The molecule has 1 aliphatic carbocycles. The van der Waals surface area contributed by atoms with Gasteiger partial charge in [-0.05, 0) is 23.9 Å². The molecule has 3 heterocycles. The molecular weight excluding hydrogens is 378 g/mol. The SMILES string of the molecule is O=C1C[C@@H](c2cccs2)CC2=C1[C@@H](c1ccccc1[N+](=O)[O-])n1ncnc1N2. The third kappa shape index (κ3) is 2.55. The topological polar surface area (TPSA) is 103 Å². The van der Waals surface area contributed by atoms with Gasteiger partial charge in [-0.15, -0.1) is 11.3 Å². The smallest absolute Gasteiger partial charge is 0.275 e. The first-order valence-electron chi connectivity index (χ1n) is 8.83. The zero-order valence-corrected chi connectivity index (χ0v) is 15.4. The lowest BCUT2D eigenvalue weighted by Gasteiger charge is -2.34. The van der Waals surface area contributed by atoms with E-state index in [0.717, 1.165) is 10.6 Å². The third-order valence-corrected chi connectivity index (χ3v) is 6.27. The summed E-state index contributed by atoms with van der Waals surface area (Å²) < 4.78 is 1.56. The van der Waals surface area contributed by atoms with Gasteiger partial charge in [-0.1, -0.05) is 18.2 Å². The summed E-state index contributed by atoms with van der Waals surface area (Å²) in [6, 6.07) is 9.86. The Hall–Kier alpha value is -3.33. The lowest BCUT2D eigenvalue weighted by atomic mass is 9.79. The fourth-order valence-corrected chi connectivity index (χ4v) is 4.88. The average Bonchev–Trinajstić information content (AvgIpc) is 3.38. The molecule has 2 atom stereocenters. The van der Waals surface area contributed by atoms with Crippen LogP contribution in [0.25, 0.3) is 0 Å².